The molecule has 1 aromatic heterocycles. The number of nitrogens with zero attached hydrogens (tertiary/aromatic N) is 1. The number of nitrogens with one attached hydrogen (secondary N) is 1. The van der Waals surface area contributed by atoms with Gasteiger partial charge in [0.05, 0.1) is 18.5 Å². The van der Waals surface area contributed by atoms with E-state index in [1.165, 1.54) is 0 Å². The molecule has 1 aliphatic rings. The maximum atomic E-state index is 13.0. The number of carbonyl (C=O) groups is 1. The van der Waals surface area contributed by atoms with Crippen molar-refractivity contribution in [1.29, 1.82) is 0 Å². The first-order valence-corrected chi connectivity index (χ1v) is 9.55. The predicted octanol–water partition coefficient (Wildman–Crippen LogP) is 4.49. The van der Waals surface area contributed by atoms with Gasteiger partial charge in [-0.15, -0.1) is 0 Å². The molecule has 1 heterocycles. The molecule has 0 aromatic carbocycles. The van der Waals surface area contributed by atoms with Crippen molar-refractivity contribution in [3.63, 3.8) is 0 Å². The lowest BCUT2D eigenvalue weighted by molar-refractivity contribution is -0.148. The number of rotatable bonds is 8. The van der Waals surface area contributed by atoms with Crippen LogP contribution in [0.3, 0.4) is 0 Å². The minimum absolute atomic E-state index is 0.0454. The van der Waals surface area contributed by atoms with E-state index in [9.17, 15) is 4.79 Å². The van der Waals surface area contributed by atoms with Crippen molar-refractivity contribution in [3.05, 3.63) is 17.8 Å². The zero-order chi connectivity index (χ0) is 18.3. The third-order valence-corrected chi connectivity index (χ3v) is 4.68. The topological polar surface area (TPSA) is 60.5 Å². The maximum Gasteiger partial charge on any atom is 0.256 e. The summed E-state index contributed by atoms with van der Waals surface area (Å²) in [6.45, 7) is 9.53. The number of hydrogen-bond acceptors (Lipinski definition) is 4. The van der Waals surface area contributed by atoms with Gasteiger partial charge in [0.2, 0.25) is 5.88 Å². The van der Waals surface area contributed by atoms with Crippen LogP contribution >= 0.6 is 0 Å². The molecule has 1 N–H and O–H groups in total. The Hall–Kier alpha value is -1.62. The second-order valence-corrected chi connectivity index (χ2v) is 7.19. The zero-order valence-electron chi connectivity index (χ0n) is 16.1. The predicted molar refractivity (Wildman–Crippen MR) is 100.0 cm³/mol. The normalized spacial score (nSPS) is 23.3. The first-order chi connectivity index (χ1) is 12.0. The molecule has 1 fully saturated rings. The number of amides is 1. The van der Waals surface area contributed by atoms with Crippen LogP contribution in [0.5, 0.6) is 5.88 Å². The van der Waals surface area contributed by atoms with Gasteiger partial charge in [-0.05, 0) is 51.0 Å². The Labute approximate surface area is 151 Å². The van der Waals surface area contributed by atoms with Gasteiger partial charge < -0.3 is 14.8 Å². The Morgan fingerprint density at radius 1 is 1.36 bits per heavy atom. The van der Waals surface area contributed by atoms with E-state index in [2.05, 4.69) is 31.1 Å². The second kappa shape index (κ2) is 9.18. The monoisotopic (exact) mass is 348 g/mol. The van der Waals surface area contributed by atoms with Crippen LogP contribution < -0.4 is 10.1 Å². The minimum Gasteiger partial charge on any atom is -0.477 e. The quantitative estimate of drug-likeness (QED) is 0.752. The fourth-order valence-electron chi connectivity index (χ4n) is 3.43. The van der Waals surface area contributed by atoms with Crippen molar-refractivity contribution in [3.8, 4) is 5.88 Å². The van der Waals surface area contributed by atoms with Gasteiger partial charge in [0, 0.05) is 12.2 Å². The van der Waals surface area contributed by atoms with E-state index in [0.29, 0.717) is 30.7 Å². The molecule has 0 saturated heterocycles. The fraction of sp³-hybridized carbons (Fsp3) is 0.700. The Morgan fingerprint density at radius 2 is 2.12 bits per heavy atom. The van der Waals surface area contributed by atoms with E-state index in [1.54, 1.807) is 6.20 Å². The molecular formula is C20H32N2O3. The summed E-state index contributed by atoms with van der Waals surface area (Å²) in [7, 11) is 0. The molecule has 1 aliphatic carbocycles. The molecule has 2 unspecified atom stereocenters. The summed E-state index contributed by atoms with van der Waals surface area (Å²) < 4.78 is 11.7. The van der Waals surface area contributed by atoms with Crippen LogP contribution in [-0.2, 0) is 9.53 Å². The number of aryl methyl sites for hydroxylation is 1. The van der Waals surface area contributed by atoms with Crippen LogP contribution in [0.4, 0.5) is 5.69 Å². The minimum atomic E-state index is -0.709. The molecular weight excluding hydrogens is 316 g/mol. The van der Waals surface area contributed by atoms with Crippen molar-refractivity contribution < 1.29 is 14.3 Å². The molecule has 2 atom stereocenters. The molecule has 1 aromatic rings. The highest BCUT2D eigenvalue weighted by Crippen LogP contribution is 2.36. The summed E-state index contributed by atoms with van der Waals surface area (Å²) >= 11 is 0. The molecule has 140 valence electrons. The average Bonchev–Trinajstić information content (AvgIpc) is 2.59. The van der Waals surface area contributed by atoms with E-state index in [0.717, 1.165) is 44.1 Å². The number of aromatic nitrogens is 1. The Balaban J connectivity index is 2.10. The smallest absolute Gasteiger partial charge is 0.256 e. The van der Waals surface area contributed by atoms with Crippen LogP contribution in [0.2, 0.25) is 0 Å². The van der Waals surface area contributed by atoms with Crippen molar-refractivity contribution in [2.45, 2.75) is 71.8 Å². The van der Waals surface area contributed by atoms with Gasteiger partial charge >= 0.3 is 0 Å². The Kier molecular flexibility index (Phi) is 7.24. The molecule has 0 spiro atoms. The second-order valence-electron chi connectivity index (χ2n) is 7.19. The molecule has 25 heavy (non-hydrogen) atoms. The summed E-state index contributed by atoms with van der Waals surface area (Å²) in [4.78, 5) is 17.4. The first kappa shape index (κ1) is 19.7. The van der Waals surface area contributed by atoms with Gasteiger partial charge in [0.1, 0.15) is 5.60 Å². The standard InChI is InChI=1S/C20H32N2O3/c1-5-10-24-18-16(4)12-17(14-21-18)22-19(23)20(25-11-6-2)9-7-8-15(3)13-20/h12,14-15H,5-11,13H2,1-4H3,(H,22,23). The number of anilines is 1. The molecule has 0 radical (unpaired) electrons. The van der Waals surface area contributed by atoms with Gasteiger partial charge in [-0.2, -0.15) is 0 Å². The fourth-order valence-corrected chi connectivity index (χ4v) is 3.43. The SMILES string of the molecule is CCCOc1ncc(NC(=O)C2(OCCC)CCCC(C)C2)cc1C. The third kappa shape index (κ3) is 5.18. The number of carbonyl (C=O) groups excluding carboxylic acids is 1. The molecule has 0 aliphatic heterocycles. The lowest BCUT2D eigenvalue weighted by atomic mass is 9.78. The van der Waals surface area contributed by atoms with Crippen molar-refractivity contribution >= 4 is 11.6 Å². The summed E-state index contributed by atoms with van der Waals surface area (Å²) in [5.74, 6) is 1.08. The molecule has 0 bridgehead atoms. The summed E-state index contributed by atoms with van der Waals surface area (Å²) in [6.07, 6.45) is 7.27. The Bertz CT molecular complexity index is 576. The largest absolute Gasteiger partial charge is 0.477 e. The van der Waals surface area contributed by atoms with E-state index in [-0.39, 0.29) is 5.91 Å². The van der Waals surface area contributed by atoms with Gasteiger partial charge in [-0.3, -0.25) is 4.79 Å². The van der Waals surface area contributed by atoms with Crippen LogP contribution in [-0.4, -0.2) is 29.7 Å². The molecule has 2 rings (SSSR count). The van der Waals surface area contributed by atoms with Crippen molar-refractivity contribution in [1.82, 2.24) is 4.98 Å². The van der Waals surface area contributed by atoms with Crippen LogP contribution in [0.25, 0.3) is 0 Å². The molecule has 5 nitrogen and oxygen atoms in total. The van der Waals surface area contributed by atoms with E-state index < -0.39 is 5.60 Å². The van der Waals surface area contributed by atoms with Crippen LogP contribution in [0, 0.1) is 12.8 Å². The molecule has 1 saturated carbocycles. The number of hydrogen-bond donors (Lipinski definition) is 1. The van der Waals surface area contributed by atoms with Crippen LogP contribution in [0.1, 0.15) is 64.9 Å². The first-order valence-electron chi connectivity index (χ1n) is 9.55. The maximum absolute atomic E-state index is 13.0. The van der Waals surface area contributed by atoms with E-state index >= 15 is 0 Å². The molecule has 5 heteroatoms. The van der Waals surface area contributed by atoms with Gasteiger partial charge in [-0.1, -0.05) is 27.2 Å². The van der Waals surface area contributed by atoms with E-state index in [1.807, 2.05) is 13.0 Å². The zero-order valence-corrected chi connectivity index (χ0v) is 16.1. The van der Waals surface area contributed by atoms with Gasteiger partial charge in [0.15, 0.2) is 0 Å². The van der Waals surface area contributed by atoms with Crippen molar-refractivity contribution in [2.24, 2.45) is 5.92 Å². The molecule has 1 amide bonds. The lowest BCUT2D eigenvalue weighted by Crippen LogP contribution is -2.48. The summed E-state index contributed by atoms with van der Waals surface area (Å²) in [6, 6.07) is 1.91. The van der Waals surface area contributed by atoms with Crippen molar-refractivity contribution in [2.75, 3.05) is 18.5 Å². The number of pyridine rings is 1. The highest BCUT2D eigenvalue weighted by Gasteiger charge is 2.42. The number of ether oxygens (including phenoxy) is 2. The van der Waals surface area contributed by atoms with E-state index in [4.69, 9.17) is 9.47 Å². The Morgan fingerprint density at radius 3 is 2.76 bits per heavy atom. The third-order valence-electron chi connectivity index (χ3n) is 4.68. The average molecular weight is 348 g/mol. The van der Waals surface area contributed by atoms with Crippen LogP contribution in [0.15, 0.2) is 12.3 Å². The summed E-state index contributed by atoms with van der Waals surface area (Å²) in [5.41, 5.74) is 0.912. The highest BCUT2D eigenvalue weighted by atomic mass is 16.5. The lowest BCUT2D eigenvalue weighted by Gasteiger charge is -2.38. The van der Waals surface area contributed by atoms with Gasteiger partial charge in [0.25, 0.3) is 5.91 Å². The highest BCUT2D eigenvalue weighted by molar-refractivity contribution is 5.97. The van der Waals surface area contributed by atoms with Gasteiger partial charge in [-0.25, -0.2) is 4.98 Å². The summed E-state index contributed by atoms with van der Waals surface area (Å²) in [5, 5.41) is 3.02.